The molecule has 0 saturated carbocycles. The Hall–Kier alpha value is -1.62. The molecule has 5 heteroatoms. The molecule has 118 valence electrons. The second-order valence-corrected chi connectivity index (χ2v) is 5.31. The molecule has 1 heterocycles. The Kier molecular flexibility index (Phi) is 7.75. The molecule has 1 aromatic rings. The van der Waals surface area contributed by atoms with Gasteiger partial charge < -0.3 is 15.0 Å². The van der Waals surface area contributed by atoms with Crippen LogP contribution in [0.1, 0.15) is 37.6 Å². The van der Waals surface area contributed by atoms with Crippen LogP contribution in [-0.4, -0.2) is 43.0 Å². The maximum atomic E-state index is 11.5. The van der Waals surface area contributed by atoms with Crippen molar-refractivity contribution in [1.82, 2.24) is 15.2 Å². The van der Waals surface area contributed by atoms with E-state index < -0.39 is 0 Å². The minimum absolute atomic E-state index is 0.130. The molecule has 0 unspecified atom stereocenters. The monoisotopic (exact) mass is 293 g/mol. The number of carbonyl (C=O) groups is 1. The van der Waals surface area contributed by atoms with Crippen molar-refractivity contribution in [2.24, 2.45) is 0 Å². The van der Waals surface area contributed by atoms with Crippen LogP contribution >= 0.6 is 0 Å². The van der Waals surface area contributed by atoms with Crippen molar-refractivity contribution in [2.75, 3.05) is 27.2 Å². The number of hydrogen-bond acceptors (Lipinski definition) is 4. The van der Waals surface area contributed by atoms with E-state index in [2.05, 4.69) is 17.2 Å². The number of aromatic nitrogens is 1. The molecule has 21 heavy (non-hydrogen) atoms. The number of amides is 1. The Balaban J connectivity index is 2.47. The maximum Gasteiger partial charge on any atom is 0.222 e. The van der Waals surface area contributed by atoms with Crippen LogP contribution in [0.4, 0.5) is 0 Å². The third kappa shape index (κ3) is 6.58. The Morgan fingerprint density at radius 2 is 2.14 bits per heavy atom. The van der Waals surface area contributed by atoms with Gasteiger partial charge in [0.15, 0.2) is 0 Å². The highest BCUT2D eigenvalue weighted by Gasteiger charge is 2.07. The predicted molar refractivity (Wildman–Crippen MR) is 84.4 cm³/mol. The first-order valence-electron chi connectivity index (χ1n) is 7.54. The molecular formula is C16H27N3O2. The molecule has 0 saturated heterocycles. The van der Waals surface area contributed by atoms with E-state index in [1.807, 2.05) is 19.1 Å². The average molecular weight is 293 g/mol. The summed E-state index contributed by atoms with van der Waals surface area (Å²) in [5.41, 5.74) is 1.92. The van der Waals surface area contributed by atoms with Crippen LogP contribution < -0.4 is 10.1 Å². The maximum absolute atomic E-state index is 11.5. The van der Waals surface area contributed by atoms with Gasteiger partial charge in [-0.2, -0.15) is 0 Å². The number of rotatable bonds is 9. The molecule has 0 aromatic carbocycles. The predicted octanol–water partition coefficient (Wildman–Crippen LogP) is 2.14. The van der Waals surface area contributed by atoms with Gasteiger partial charge in [0, 0.05) is 32.8 Å². The van der Waals surface area contributed by atoms with E-state index in [1.54, 1.807) is 19.0 Å². The average Bonchev–Trinajstić information content (AvgIpc) is 2.45. The van der Waals surface area contributed by atoms with E-state index in [0.29, 0.717) is 26.0 Å². The van der Waals surface area contributed by atoms with Crippen LogP contribution in [-0.2, 0) is 11.3 Å². The van der Waals surface area contributed by atoms with Gasteiger partial charge in [0.2, 0.25) is 5.91 Å². The van der Waals surface area contributed by atoms with Crippen molar-refractivity contribution in [3.63, 3.8) is 0 Å². The Morgan fingerprint density at radius 1 is 1.38 bits per heavy atom. The van der Waals surface area contributed by atoms with Crippen LogP contribution in [0.3, 0.4) is 0 Å². The van der Waals surface area contributed by atoms with Gasteiger partial charge in [-0.15, -0.1) is 0 Å². The zero-order chi connectivity index (χ0) is 15.7. The van der Waals surface area contributed by atoms with E-state index in [4.69, 9.17) is 4.74 Å². The van der Waals surface area contributed by atoms with E-state index in [1.165, 1.54) is 0 Å². The third-order valence-corrected chi connectivity index (χ3v) is 3.08. The van der Waals surface area contributed by atoms with Crippen LogP contribution in [0.5, 0.6) is 5.75 Å². The fourth-order valence-electron chi connectivity index (χ4n) is 1.87. The summed E-state index contributed by atoms with van der Waals surface area (Å²) < 4.78 is 5.78. The summed E-state index contributed by atoms with van der Waals surface area (Å²) >= 11 is 0. The Bertz CT molecular complexity index is 447. The number of nitrogens with one attached hydrogen (secondary N) is 1. The number of pyridine rings is 1. The van der Waals surface area contributed by atoms with Gasteiger partial charge >= 0.3 is 0 Å². The zero-order valence-electron chi connectivity index (χ0n) is 13.6. The SMILES string of the molecule is CCCNCc1nc(C)ccc1OCCCC(=O)N(C)C. The molecule has 5 nitrogen and oxygen atoms in total. The fourth-order valence-corrected chi connectivity index (χ4v) is 1.87. The number of ether oxygens (including phenoxy) is 1. The third-order valence-electron chi connectivity index (χ3n) is 3.08. The standard InChI is InChI=1S/C16H27N3O2/c1-5-10-17-12-14-15(9-8-13(2)18-14)21-11-6-7-16(20)19(3)4/h8-9,17H,5-7,10-12H2,1-4H3. The molecular weight excluding hydrogens is 266 g/mol. The van der Waals surface area contributed by atoms with Gasteiger partial charge in [0.1, 0.15) is 5.75 Å². The Labute approximate surface area is 127 Å². The van der Waals surface area contributed by atoms with Crippen LogP contribution in [0, 0.1) is 6.92 Å². The largest absolute Gasteiger partial charge is 0.492 e. The summed E-state index contributed by atoms with van der Waals surface area (Å²) in [6, 6.07) is 3.91. The number of carbonyl (C=O) groups excluding carboxylic acids is 1. The molecule has 1 N–H and O–H groups in total. The van der Waals surface area contributed by atoms with Gasteiger partial charge in [0.05, 0.1) is 12.3 Å². The van der Waals surface area contributed by atoms with E-state index in [-0.39, 0.29) is 5.91 Å². The van der Waals surface area contributed by atoms with Crippen molar-refractivity contribution >= 4 is 5.91 Å². The second kappa shape index (κ2) is 9.34. The first-order chi connectivity index (χ1) is 10.0. The molecule has 1 rings (SSSR count). The van der Waals surface area contributed by atoms with E-state index >= 15 is 0 Å². The first kappa shape index (κ1) is 17.4. The summed E-state index contributed by atoms with van der Waals surface area (Å²) in [6.07, 6.45) is 2.32. The summed E-state index contributed by atoms with van der Waals surface area (Å²) in [5.74, 6) is 0.937. The van der Waals surface area contributed by atoms with Crippen molar-refractivity contribution < 1.29 is 9.53 Å². The summed E-state index contributed by atoms with van der Waals surface area (Å²) in [4.78, 5) is 17.6. The Morgan fingerprint density at radius 3 is 2.81 bits per heavy atom. The lowest BCUT2D eigenvalue weighted by molar-refractivity contribution is -0.128. The van der Waals surface area contributed by atoms with Gasteiger partial charge in [-0.3, -0.25) is 9.78 Å². The first-order valence-corrected chi connectivity index (χ1v) is 7.54. The number of nitrogens with zero attached hydrogens (tertiary/aromatic N) is 2. The summed E-state index contributed by atoms with van der Waals surface area (Å²) in [5, 5.41) is 3.34. The lowest BCUT2D eigenvalue weighted by Gasteiger charge is -2.13. The molecule has 1 aromatic heterocycles. The molecule has 1 amide bonds. The topological polar surface area (TPSA) is 54.5 Å². The van der Waals surface area contributed by atoms with Gasteiger partial charge in [-0.05, 0) is 38.4 Å². The van der Waals surface area contributed by atoms with Crippen LogP contribution in [0.25, 0.3) is 0 Å². The van der Waals surface area contributed by atoms with Crippen molar-refractivity contribution in [1.29, 1.82) is 0 Å². The van der Waals surface area contributed by atoms with Crippen molar-refractivity contribution in [3.05, 3.63) is 23.5 Å². The highest BCUT2D eigenvalue weighted by Crippen LogP contribution is 2.17. The van der Waals surface area contributed by atoms with E-state index in [0.717, 1.165) is 30.1 Å². The van der Waals surface area contributed by atoms with Crippen molar-refractivity contribution in [2.45, 2.75) is 39.7 Å². The molecule has 0 fully saturated rings. The van der Waals surface area contributed by atoms with Crippen LogP contribution in [0.15, 0.2) is 12.1 Å². The van der Waals surface area contributed by atoms with Crippen LogP contribution in [0.2, 0.25) is 0 Å². The smallest absolute Gasteiger partial charge is 0.222 e. The second-order valence-electron chi connectivity index (χ2n) is 5.31. The molecule has 0 radical (unpaired) electrons. The van der Waals surface area contributed by atoms with Gasteiger partial charge in [-0.25, -0.2) is 0 Å². The molecule has 0 aliphatic rings. The zero-order valence-corrected chi connectivity index (χ0v) is 13.6. The molecule has 0 bridgehead atoms. The molecule has 0 aliphatic carbocycles. The quantitative estimate of drug-likeness (QED) is 0.709. The molecule has 0 spiro atoms. The fraction of sp³-hybridized carbons (Fsp3) is 0.625. The molecule has 0 aliphatic heterocycles. The lowest BCUT2D eigenvalue weighted by atomic mass is 10.2. The minimum Gasteiger partial charge on any atom is -0.492 e. The van der Waals surface area contributed by atoms with Crippen molar-refractivity contribution in [3.8, 4) is 5.75 Å². The minimum atomic E-state index is 0.130. The summed E-state index contributed by atoms with van der Waals surface area (Å²) in [7, 11) is 3.54. The normalized spacial score (nSPS) is 10.5. The number of aryl methyl sites for hydroxylation is 1. The highest BCUT2D eigenvalue weighted by molar-refractivity contribution is 5.75. The highest BCUT2D eigenvalue weighted by atomic mass is 16.5. The molecule has 0 atom stereocenters. The summed E-state index contributed by atoms with van der Waals surface area (Å²) in [6.45, 7) is 6.32. The lowest BCUT2D eigenvalue weighted by Crippen LogP contribution is -2.22. The van der Waals surface area contributed by atoms with Gasteiger partial charge in [-0.1, -0.05) is 6.92 Å². The van der Waals surface area contributed by atoms with E-state index in [9.17, 15) is 4.79 Å². The number of hydrogen-bond donors (Lipinski definition) is 1. The van der Waals surface area contributed by atoms with Gasteiger partial charge in [0.25, 0.3) is 0 Å².